The minimum absolute atomic E-state index is 0.466. The van der Waals surface area contributed by atoms with E-state index < -0.39 is 17.2 Å². The number of hydrogen-bond acceptors (Lipinski definition) is 2. The highest BCUT2D eigenvalue weighted by molar-refractivity contribution is 6.21. The van der Waals surface area contributed by atoms with Crippen LogP contribution < -0.4 is 5.32 Å². The van der Waals surface area contributed by atoms with Crippen molar-refractivity contribution in [2.75, 3.05) is 0 Å². The molecule has 0 spiro atoms. The summed E-state index contributed by atoms with van der Waals surface area (Å²) >= 11 is 6.03. The number of rotatable bonds is 3. The van der Waals surface area contributed by atoms with E-state index in [1.54, 1.807) is 0 Å². The van der Waals surface area contributed by atoms with Crippen LogP contribution in [0, 0.1) is 0 Å². The van der Waals surface area contributed by atoms with Gasteiger partial charge in [-0.3, -0.25) is 0 Å². The van der Waals surface area contributed by atoms with E-state index in [-0.39, 0.29) is 0 Å². The van der Waals surface area contributed by atoms with Crippen LogP contribution in [0.3, 0.4) is 0 Å². The molecule has 0 saturated carbocycles. The molecule has 1 aromatic rings. The van der Waals surface area contributed by atoms with Crippen molar-refractivity contribution in [3.8, 4) is 0 Å². The Hall–Kier alpha value is -1.22. The predicted octanol–water partition coefficient (Wildman–Crippen LogP) is 3.32. The highest BCUT2D eigenvalue weighted by Crippen LogP contribution is 2.09. The molecule has 0 aliphatic carbocycles. The summed E-state index contributed by atoms with van der Waals surface area (Å²) in [6.45, 7) is 5.44. The van der Waals surface area contributed by atoms with E-state index in [9.17, 15) is 4.79 Å². The van der Waals surface area contributed by atoms with E-state index in [1.807, 2.05) is 51.1 Å². The van der Waals surface area contributed by atoms with Crippen molar-refractivity contribution in [3.05, 3.63) is 35.9 Å². The average molecular weight is 256 g/mol. The van der Waals surface area contributed by atoms with Crippen molar-refractivity contribution in [1.82, 2.24) is 5.32 Å². The molecule has 0 aliphatic heterocycles. The monoisotopic (exact) mass is 255 g/mol. The minimum Gasteiger partial charge on any atom is -0.444 e. The summed E-state index contributed by atoms with van der Waals surface area (Å²) in [5.74, 6) is 0. The lowest BCUT2D eigenvalue weighted by molar-refractivity contribution is 0.0521. The molecular weight excluding hydrogens is 238 g/mol. The second-order valence-electron chi connectivity index (χ2n) is 4.80. The largest absolute Gasteiger partial charge is 0.444 e. The molecule has 0 heterocycles. The van der Waals surface area contributed by atoms with E-state index in [1.165, 1.54) is 0 Å². The van der Waals surface area contributed by atoms with Gasteiger partial charge in [0.1, 0.15) is 11.1 Å². The number of amides is 1. The fourth-order valence-electron chi connectivity index (χ4n) is 1.31. The standard InChI is InChI=1S/C13H18ClNO2/c1-13(2,3)17-12(16)15-11(14)9-10-7-5-4-6-8-10/h4-8,11H,9H2,1-3H3,(H,15,16). The lowest BCUT2D eigenvalue weighted by Crippen LogP contribution is -2.37. The first-order valence-electron chi connectivity index (χ1n) is 5.54. The van der Waals surface area contributed by atoms with Gasteiger partial charge < -0.3 is 10.1 Å². The first kappa shape index (κ1) is 13.8. The van der Waals surface area contributed by atoms with Crippen LogP contribution in [0.4, 0.5) is 4.79 Å². The van der Waals surface area contributed by atoms with Crippen molar-refractivity contribution in [3.63, 3.8) is 0 Å². The molecule has 0 aliphatic rings. The van der Waals surface area contributed by atoms with Gasteiger partial charge >= 0.3 is 6.09 Å². The summed E-state index contributed by atoms with van der Waals surface area (Å²) in [5.41, 5.74) is 0.101. The van der Waals surface area contributed by atoms with Crippen molar-refractivity contribution in [2.24, 2.45) is 0 Å². The summed E-state index contributed by atoms with van der Waals surface area (Å²) in [6, 6.07) is 9.74. The van der Waals surface area contributed by atoms with E-state index in [4.69, 9.17) is 16.3 Å². The average Bonchev–Trinajstić information content (AvgIpc) is 2.15. The first-order valence-corrected chi connectivity index (χ1v) is 5.98. The van der Waals surface area contributed by atoms with Crippen LogP contribution in [0.15, 0.2) is 30.3 Å². The van der Waals surface area contributed by atoms with Crippen LogP contribution in [0.1, 0.15) is 26.3 Å². The van der Waals surface area contributed by atoms with Gasteiger partial charge in [0.25, 0.3) is 0 Å². The molecule has 1 aromatic carbocycles. The lowest BCUT2D eigenvalue weighted by atomic mass is 10.1. The zero-order valence-electron chi connectivity index (χ0n) is 10.4. The molecule has 0 bridgehead atoms. The molecule has 1 atom stereocenters. The number of nitrogens with one attached hydrogen (secondary N) is 1. The maximum atomic E-state index is 11.4. The van der Waals surface area contributed by atoms with E-state index in [0.717, 1.165) is 5.56 Å². The van der Waals surface area contributed by atoms with Crippen LogP contribution in [-0.4, -0.2) is 17.2 Å². The van der Waals surface area contributed by atoms with Gasteiger partial charge in [-0.15, -0.1) is 0 Å². The van der Waals surface area contributed by atoms with E-state index in [0.29, 0.717) is 6.42 Å². The zero-order valence-corrected chi connectivity index (χ0v) is 11.1. The summed E-state index contributed by atoms with van der Waals surface area (Å²) in [6.07, 6.45) is 0.0789. The number of halogens is 1. The number of carbonyl (C=O) groups excluding carboxylic acids is 1. The van der Waals surface area contributed by atoms with E-state index in [2.05, 4.69) is 5.32 Å². The molecular formula is C13H18ClNO2. The summed E-state index contributed by atoms with van der Waals surface area (Å²) in [7, 11) is 0. The number of carbonyl (C=O) groups is 1. The molecule has 0 aromatic heterocycles. The number of alkyl halides is 1. The van der Waals surface area contributed by atoms with Crippen LogP contribution in [-0.2, 0) is 11.2 Å². The third-order valence-electron chi connectivity index (χ3n) is 1.93. The smallest absolute Gasteiger partial charge is 0.408 e. The van der Waals surface area contributed by atoms with Gasteiger partial charge in [0.05, 0.1) is 0 Å². The number of hydrogen-bond donors (Lipinski definition) is 1. The fraction of sp³-hybridized carbons (Fsp3) is 0.462. The molecule has 3 nitrogen and oxygen atoms in total. The van der Waals surface area contributed by atoms with Crippen molar-refractivity contribution < 1.29 is 9.53 Å². The van der Waals surface area contributed by atoms with Gasteiger partial charge in [0, 0.05) is 6.42 Å². The predicted molar refractivity (Wildman–Crippen MR) is 69.2 cm³/mol. The Morgan fingerprint density at radius 3 is 2.47 bits per heavy atom. The maximum absolute atomic E-state index is 11.4. The quantitative estimate of drug-likeness (QED) is 0.665. The van der Waals surface area contributed by atoms with Gasteiger partial charge in [-0.2, -0.15) is 0 Å². The molecule has 1 amide bonds. The molecule has 94 valence electrons. The van der Waals surface area contributed by atoms with Gasteiger partial charge in [-0.1, -0.05) is 41.9 Å². The number of benzene rings is 1. The van der Waals surface area contributed by atoms with Crippen LogP contribution in [0.5, 0.6) is 0 Å². The zero-order chi connectivity index (χ0) is 12.9. The Balaban J connectivity index is 2.40. The Kier molecular flexibility index (Phi) is 4.82. The summed E-state index contributed by atoms with van der Waals surface area (Å²) in [5, 5.41) is 2.59. The molecule has 4 heteroatoms. The SMILES string of the molecule is CC(C)(C)OC(=O)NC(Cl)Cc1ccccc1. The first-order chi connectivity index (χ1) is 7.87. The second-order valence-corrected chi connectivity index (χ2v) is 5.33. The van der Waals surface area contributed by atoms with Crippen LogP contribution in [0.2, 0.25) is 0 Å². The highest BCUT2D eigenvalue weighted by Gasteiger charge is 2.18. The molecule has 1 N–H and O–H groups in total. The molecule has 0 radical (unpaired) electrons. The molecule has 1 rings (SSSR count). The van der Waals surface area contributed by atoms with E-state index >= 15 is 0 Å². The topological polar surface area (TPSA) is 38.3 Å². The van der Waals surface area contributed by atoms with Crippen molar-refractivity contribution in [2.45, 2.75) is 38.3 Å². The molecule has 1 unspecified atom stereocenters. The molecule has 17 heavy (non-hydrogen) atoms. The maximum Gasteiger partial charge on any atom is 0.408 e. The molecule has 0 saturated heterocycles. The van der Waals surface area contributed by atoms with Crippen LogP contribution in [0.25, 0.3) is 0 Å². The molecule has 0 fully saturated rings. The third-order valence-corrected chi connectivity index (χ3v) is 2.19. The Labute approximate surface area is 107 Å². The summed E-state index contributed by atoms with van der Waals surface area (Å²) < 4.78 is 5.11. The van der Waals surface area contributed by atoms with Gasteiger partial charge in [0.15, 0.2) is 0 Å². The second kappa shape index (κ2) is 5.92. The normalized spacial score (nSPS) is 12.9. The highest BCUT2D eigenvalue weighted by atomic mass is 35.5. The van der Waals surface area contributed by atoms with Crippen molar-refractivity contribution in [1.29, 1.82) is 0 Å². The number of ether oxygens (including phenoxy) is 1. The van der Waals surface area contributed by atoms with Gasteiger partial charge in [0.2, 0.25) is 0 Å². The van der Waals surface area contributed by atoms with Crippen molar-refractivity contribution >= 4 is 17.7 Å². The Morgan fingerprint density at radius 1 is 1.35 bits per heavy atom. The Morgan fingerprint density at radius 2 is 1.94 bits per heavy atom. The van der Waals surface area contributed by atoms with Crippen LogP contribution >= 0.6 is 11.6 Å². The minimum atomic E-state index is -0.507. The fourth-order valence-corrected chi connectivity index (χ4v) is 1.57. The number of alkyl carbamates (subject to hydrolysis) is 1. The summed E-state index contributed by atoms with van der Waals surface area (Å²) in [4.78, 5) is 11.4. The third kappa shape index (κ3) is 6.17. The van der Waals surface area contributed by atoms with Gasteiger partial charge in [-0.25, -0.2) is 4.79 Å². The Bertz CT molecular complexity index is 359. The van der Waals surface area contributed by atoms with Gasteiger partial charge in [-0.05, 0) is 26.3 Å². The lowest BCUT2D eigenvalue weighted by Gasteiger charge is -2.21.